The fraction of sp³-hybridized carbons (Fsp3) is 0.500. The molecule has 0 aromatic heterocycles. The second-order valence-corrected chi connectivity index (χ2v) is 5.60. The molecule has 0 aliphatic carbocycles. The molecule has 5 nitrogen and oxygen atoms in total. The molecule has 1 unspecified atom stereocenters. The third-order valence-corrected chi connectivity index (χ3v) is 3.42. The summed E-state index contributed by atoms with van der Waals surface area (Å²) in [5.74, 6) is -0.228. The van der Waals surface area contributed by atoms with E-state index in [1.54, 1.807) is 0 Å². The lowest BCUT2D eigenvalue weighted by Gasteiger charge is -2.16. The van der Waals surface area contributed by atoms with Gasteiger partial charge in [-0.1, -0.05) is 51.1 Å². The Bertz CT molecular complexity index is 460. The van der Waals surface area contributed by atoms with Crippen molar-refractivity contribution in [1.29, 1.82) is 0 Å². The maximum atomic E-state index is 11.7. The first-order valence-electron chi connectivity index (χ1n) is 7.26. The van der Waals surface area contributed by atoms with Gasteiger partial charge in [-0.2, -0.15) is 0 Å². The minimum atomic E-state index is -0.582. The van der Waals surface area contributed by atoms with Crippen LogP contribution in [0.2, 0.25) is 0 Å². The second-order valence-electron chi connectivity index (χ2n) is 5.60. The number of hydrogen-bond acceptors (Lipinski definition) is 3. The molecule has 0 radical (unpaired) electrons. The fourth-order valence-corrected chi connectivity index (χ4v) is 1.82. The van der Waals surface area contributed by atoms with E-state index >= 15 is 0 Å². The Kier molecular flexibility index (Phi) is 6.88. The SMILES string of the molecule is CC(CNC(=O)CNC(=O)[C@@H](N)C(C)C)c1ccccc1. The van der Waals surface area contributed by atoms with Crippen LogP contribution in [0.3, 0.4) is 0 Å². The second kappa shape index (κ2) is 8.42. The van der Waals surface area contributed by atoms with Crippen molar-refractivity contribution in [2.45, 2.75) is 32.7 Å². The molecule has 0 saturated carbocycles. The molecular formula is C16H25N3O2. The Morgan fingerprint density at radius 2 is 1.71 bits per heavy atom. The molecule has 0 spiro atoms. The van der Waals surface area contributed by atoms with Gasteiger partial charge in [-0.3, -0.25) is 9.59 Å². The van der Waals surface area contributed by atoms with E-state index in [-0.39, 0.29) is 30.2 Å². The number of hydrogen-bond donors (Lipinski definition) is 3. The van der Waals surface area contributed by atoms with Crippen molar-refractivity contribution in [2.24, 2.45) is 11.7 Å². The molecule has 1 aromatic carbocycles. The van der Waals surface area contributed by atoms with Gasteiger partial charge in [0.05, 0.1) is 12.6 Å². The molecule has 0 aliphatic heterocycles. The Balaban J connectivity index is 2.30. The minimum Gasteiger partial charge on any atom is -0.354 e. The third kappa shape index (κ3) is 5.95. The Hall–Kier alpha value is -1.88. The summed E-state index contributed by atoms with van der Waals surface area (Å²) >= 11 is 0. The van der Waals surface area contributed by atoms with Crippen LogP contribution in [0.4, 0.5) is 0 Å². The van der Waals surface area contributed by atoms with E-state index in [4.69, 9.17) is 5.73 Å². The largest absolute Gasteiger partial charge is 0.354 e. The van der Waals surface area contributed by atoms with Crippen LogP contribution in [0.1, 0.15) is 32.3 Å². The molecule has 1 rings (SSSR count). The van der Waals surface area contributed by atoms with E-state index in [1.807, 2.05) is 51.1 Å². The van der Waals surface area contributed by atoms with Crippen LogP contribution in [0.25, 0.3) is 0 Å². The van der Waals surface area contributed by atoms with Crippen LogP contribution >= 0.6 is 0 Å². The molecule has 5 heteroatoms. The monoisotopic (exact) mass is 291 g/mol. The topological polar surface area (TPSA) is 84.2 Å². The Labute approximate surface area is 126 Å². The zero-order valence-corrected chi connectivity index (χ0v) is 12.9. The molecule has 21 heavy (non-hydrogen) atoms. The third-order valence-electron chi connectivity index (χ3n) is 3.42. The van der Waals surface area contributed by atoms with Crippen molar-refractivity contribution in [1.82, 2.24) is 10.6 Å². The van der Waals surface area contributed by atoms with Crippen LogP contribution in [-0.2, 0) is 9.59 Å². The lowest BCUT2D eigenvalue weighted by atomic mass is 10.0. The van der Waals surface area contributed by atoms with Gasteiger partial charge < -0.3 is 16.4 Å². The van der Waals surface area contributed by atoms with Crippen molar-refractivity contribution < 1.29 is 9.59 Å². The van der Waals surface area contributed by atoms with Crippen molar-refractivity contribution >= 4 is 11.8 Å². The number of amides is 2. The molecule has 1 aromatic rings. The predicted octanol–water partition coefficient (Wildman–Crippen LogP) is 1.01. The molecule has 0 aliphatic rings. The predicted molar refractivity (Wildman–Crippen MR) is 83.7 cm³/mol. The van der Waals surface area contributed by atoms with Crippen LogP contribution in [0.15, 0.2) is 30.3 Å². The molecule has 0 heterocycles. The zero-order valence-electron chi connectivity index (χ0n) is 12.9. The lowest BCUT2D eigenvalue weighted by molar-refractivity contribution is -0.127. The van der Waals surface area contributed by atoms with Gasteiger partial charge in [0.2, 0.25) is 11.8 Å². The van der Waals surface area contributed by atoms with Crippen LogP contribution in [0, 0.1) is 5.92 Å². The van der Waals surface area contributed by atoms with E-state index < -0.39 is 6.04 Å². The molecule has 0 saturated heterocycles. The zero-order chi connectivity index (χ0) is 15.8. The van der Waals surface area contributed by atoms with Gasteiger partial charge in [-0.25, -0.2) is 0 Å². The lowest BCUT2D eigenvalue weighted by Crippen LogP contribution is -2.47. The summed E-state index contributed by atoms with van der Waals surface area (Å²) in [6, 6.07) is 9.38. The van der Waals surface area contributed by atoms with Crippen LogP contribution in [0.5, 0.6) is 0 Å². The maximum absolute atomic E-state index is 11.7. The number of nitrogens with two attached hydrogens (primary N) is 1. The first kappa shape index (κ1) is 17.2. The normalized spacial score (nSPS) is 13.6. The summed E-state index contributed by atoms with van der Waals surface area (Å²) in [4.78, 5) is 23.3. The quantitative estimate of drug-likeness (QED) is 0.701. The van der Waals surface area contributed by atoms with Crippen molar-refractivity contribution in [3.05, 3.63) is 35.9 Å². The van der Waals surface area contributed by atoms with Gasteiger partial charge >= 0.3 is 0 Å². The number of carbonyl (C=O) groups excluding carboxylic acids is 2. The van der Waals surface area contributed by atoms with E-state index in [2.05, 4.69) is 10.6 Å². The first-order chi connectivity index (χ1) is 9.91. The Morgan fingerprint density at radius 1 is 1.10 bits per heavy atom. The summed E-state index contributed by atoms with van der Waals surface area (Å²) in [5.41, 5.74) is 6.87. The van der Waals surface area contributed by atoms with Crippen molar-refractivity contribution in [3.63, 3.8) is 0 Å². The molecule has 0 fully saturated rings. The average molecular weight is 291 g/mol. The highest BCUT2D eigenvalue weighted by Crippen LogP contribution is 2.12. The van der Waals surface area contributed by atoms with Gasteiger partial charge in [-0.15, -0.1) is 0 Å². The van der Waals surface area contributed by atoms with Gasteiger partial charge in [0, 0.05) is 6.54 Å². The summed E-state index contributed by atoms with van der Waals surface area (Å²) in [6.07, 6.45) is 0. The summed E-state index contributed by atoms with van der Waals surface area (Å²) in [6.45, 7) is 6.27. The molecule has 4 N–H and O–H groups in total. The highest BCUT2D eigenvalue weighted by atomic mass is 16.2. The van der Waals surface area contributed by atoms with E-state index in [9.17, 15) is 9.59 Å². The van der Waals surface area contributed by atoms with Crippen molar-refractivity contribution in [2.75, 3.05) is 13.1 Å². The standard InChI is InChI=1S/C16H25N3O2/c1-11(2)15(17)16(21)19-10-14(20)18-9-12(3)13-7-5-4-6-8-13/h4-8,11-12,15H,9-10,17H2,1-3H3,(H,18,20)(H,19,21)/t12?,15-/m0/s1. The molecule has 116 valence electrons. The first-order valence-corrected chi connectivity index (χ1v) is 7.26. The van der Waals surface area contributed by atoms with Crippen LogP contribution in [-0.4, -0.2) is 30.9 Å². The van der Waals surface area contributed by atoms with Gasteiger partial charge in [0.25, 0.3) is 0 Å². The van der Waals surface area contributed by atoms with E-state index in [0.717, 1.165) is 0 Å². The van der Waals surface area contributed by atoms with Gasteiger partial charge in [-0.05, 0) is 17.4 Å². The number of carbonyl (C=O) groups is 2. The summed E-state index contributed by atoms with van der Waals surface area (Å²) in [5, 5.41) is 5.36. The van der Waals surface area contributed by atoms with Gasteiger partial charge in [0.1, 0.15) is 0 Å². The smallest absolute Gasteiger partial charge is 0.239 e. The Morgan fingerprint density at radius 3 is 2.29 bits per heavy atom. The minimum absolute atomic E-state index is 0.0409. The van der Waals surface area contributed by atoms with Crippen molar-refractivity contribution in [3.8, 4) is 0 Å². The number of nitrogens with one attached hydrogen (secondary N) is 2. The maximum Gasteiger partial charge on any atom is 0.239 e. The molecule has 2 atom stereocenters. The number of rotatable bonds is 7. The fourth-order valence-electron chi connectivity index (χ4n) is 1.82. The summed E-state index contributed by atoms with van der Waals surface area (Å²) < 4.78 is 0. The molecule has 0 bridgehead atoms. The van der Waals surface area contributed by atoms with E-state index in [0.29, 0.717) is 6.54 Å². The number of benzene rings is 1. The van der Waals surface area contributed by atoms with Crippen LogP contribution < -0.4 is 16.4 Å². The van der Waals surface area contributed by atoms with E-state index in [1.165, 1.54) is 5.56 Å². The average Bonchev–Trinajstić information content (AvgIpc) is 2.50. The molecular weight excluding hydrogens is 266 g/mol. The van der Waals surface area contributed by atoms with Gasteiger partial charge in [0.15, 0.2) is 0 Å². The highest BCUT2D eigenvalue weighted by molar-refractivity contribution is 5.87. The molecule has 2 amide bonds. The summed E-state index contributed by atoms with van der Waals surface area (Å²) in [7, 11) is 0. The highest BCUT2D eigenvalue weighted by Gasteiger charge is 2.17.